The standard InChI is InChI=1S/C10H14N2O2/c1-7-5-8(9(13)3-4-11)6-10(12-7)14-2/h5-6H,3-4,11H2,1-2H3. The fraction of sp³-hybridized carbons (Fsp3) is 0.400. The summed E-state index contributed by atoms with van der Waals surface area (Å²) in [6.45, 7) is 2.18. The summed E-state index contributed by atoms with van der Waals surface area (Å²) in [7, 11) is 1.53. The summed E-state index contributed by atoms with van der Waals surface area (Å²) in [6.07, 6.45) is 0.354. The number of hydrogen-bond acceptors (Lipinski definition) is 4. The number of hydrogen-bond donors (Lipinski definition) is 1. The highest BCUT2D eigenvalue weighted by molar-refractivity contribution is 5.96. The van der Waals surface area contributed by atoms with E-state index in [4.69, 9.17) is 10.5 Å². The van der Waals surface area contributed by atoms with E-state index in [0.717, 1.165) is 5.69 Å². The van der Waals surface area contributed by atoms with Gasteiger partial charge in [0.2, 0.25) is 5.88 Å². The normalized spacial score (nSPS) is 9.93. The van der Waals surface area contributed by atoms with Crippen LogP contribution in [0.3, 0.4) is 0 Å². The Bertz CT molecular complexity index is 337. The van der Waals surface area contributed by atoms with E-state index in [9.17, 15) is 4.79 Å². The Morgan fingerprint density at radius 3 is 2.86 bits per heavy atom. The van der Waals surface area contributed by atoms with Crippen molar-refractivity contribution >= 4 is 5.78 Å². The van der Waals surface area contributed by atoms with Crippen LogP contribution in [0.15, 0.2) is 12.1 Å². The van der Waals surface area contributed by atoms with Gasteiger partial charge in [0.05, 0.1) is 7.11 Å². The molecule has 1 heterocycles. The first-order valence-corrected chi connectivity index (χ1v) is 4.43. The highest BCUT2D eigenvalue weighted by Crippen LogP contribution is 2.13. The minimum atomic E-state index is 0.0244. The summed E-state index contributed by atoms with van der Waals surface area (Å²) in [6, 6.07) is 3.37. The first-order valence-electron chi connectivity index (χ1n) is 4.43. The van der Waals surface area contributed by atoms with Crippen molar-refractivity contribution in [1.82, 2.24) is 4.98 Å². The van der Waals surface area contributed by atoms with Gasteiger partial charge in [-0.05, 0) is 19.5 Å². The Balaban J connectivity index is 2.96. The molecule has 1 aromatic heterocycles. The molecule has 0 unspecified atom stereocenters. The maximum Gasteiger partial charge on any atom is 0.213 e. The summed E-state index contributed by atoms with van der Waals surface area (Å²) in [5.74, 6) is 0.488. The molecule has 4 heteroatoms. The Labute approximate surface area is 83.1 Å². The van der Waals surface area contributed by atoms with E-state index in [-0.39, 0.29) is 5.78 Å². The van der Waals surface area contributed by atoms with E-state index in [1.165, 1.54) is 7.11 Å². The molecule has 1 aromatic rings. The fourth-order valence-electron chi connectivity index (χ4n) is 1.18. The van der Waals surface area contributed by atoms with Gasteiger partial charge in [-0.15, -0.1) is 0 Å². The molecule has 14 heavy (non-hydrogen) atoms. The molecule has 0 bridgehead atoms. The Kier molecular flexibility index (Phi) is 3.59. The van der Waals surface area contributed by atoms with Crippen LogP contribution >= 0.6 is 0 Å². The second-order valence-electron chi connectivity index (χ2n) is 3.00. The smallest absolute Gasteiger partial charge is 0.213 e. The summed E-state index contributed by atoms with van der Waals surface area (Å²) >= 11 is 0. The van der Waals surface area contributed by atoms with Crippen LogP contribution in [0.1, 0.15) is 22.5 Å². The lowest BCUT2D eigenvalue weighted by Gasteiger charge is -2.04. The summed E-state index contributed by atoms with van der Waals surface area (Å²) in [4.78, 5) is 15.6. The predicted molar refractivity (Wildman–Crippen MR) is 53.5 cm³/mol. The van der Waals surface area contributed by atoms with Crippen molar-refractivity contribution in [3.63, 3.8) is 0 Å². The highest BCUT2D eigenvalue weighted by atomic mass is 16.5. The number of ether oxygens (including phenoxy) is 1. The molecule has 4 nitrogen and oxygen atoms in total. The molecule has 0 aliphatic carbocycles. The number of ketones is 1. The van der Waals surface area contributed by atoms with E-state index in [1.807, 2.05) is 6.92 Å². The van der Waals surface area contributed by atoms with Crippen molar-refractivity contribution in [2.45, 2.75) is 13.3 Å². The van der Waals surface area contributed by atoms with Gasteiger partial charge in [-0.1, -0.05) is 0 Å². The third-order valence-electron chi connectivity index (χ3n) is 1.83. The van der Waals surface area contributed by atoms with Crippen molar-refractivity contribution in [2.24, 2.45) is 5.73 Å². The molecule has 0 aromatic carbocycles. The lowest BCUT2D eigenvalue weighted by molar-refractivity contribution is 0.0985. The molecule has 0 radical (unpaired) electrons. The topological polar surface area (TPSA) is 65.2 Å². The third kappa shape index (κ3) is 2.53. The SMILES string of the molecule is COc1cc(C(=O)CCN)cc(C)n1. The summed E-state index contributed by atoms with van der Waals surface area (Å²) < 4.78 is 4.97. The lowest BCUT2D eigenvalue weighted by Crippen LogP contribution is -2.08. The number of nitrogens with zero attached hydrogens (tertiary/aromatic N) is 1. The van der Waals surface area contributed by atoms with Gasteiger partial charge in [-0.2, -0.15) is 0 Å². The zero-order chi connectivity index (χ0) is 10.6. The predicted octanol–water partition coefficient (Wildman–Crippen LogP) is 0.930. The molecule has 0 saturated heterocycles. The van der Waals surface area contributed by atoms with Crippen molar-refractivity contribution in [3.05, 3.63) is 23.4 Å². The van der Waals surface area contributed by atoms with Gasteiger partial charge < -0.3 is 10.5 Å². The molecular formula is C10H14N2O2. The maximum atomic E-state index is 11.5. The van der Waals surface area contributed by atoms with Crippen LogP contribution in [-0.4, -0.2) is 24.4 Å². The molecule has 2 N–H and O–H groups in total. The van der Waals surface area contributed by atoms with Gasteiger partial charge >= 0.3 is 0 Å². The highest BCUT2D eigenvalue weighted by Gasteiger charge is 2.07. The molecule has 0 spiro atoms. The largest absolute Gasteiger partial charge is 0.481 e. The Morgan fingerprint density at radius 2 is 2.29 bits per heavy atom. The first-order chi connectivity index (χ1) is 6.67. The zero-order valence-electron chi connectivity index (χ0n) is 8.41. The number of aromatic nitrogens is 1. The van der Waals surface area contributed by atoms with Gasteiger partial charge in [-0.3, -0.25) is 4.79 Å². The minimum absolute atomic E-state index is 0.0244. The minimum Gasteiger partial charge on any atom is -0.481 e. The molecule has 76 valence electrons. The number of nitrogens with two attached hydrogens (primary N) is 1. The maximum absolute atomic E-state index is 11.5. The van der Waals surface area contributed by atoms with Crippen LogP contribution in [0.25, 0.3) is 0 Å². The average Bonchev–Trinajstić information content (AvgIpc) is 2.17. The second kappa shape index (κ2) is 4.72. The lowest BCUT2D eigenvalue weighted by atomic mass is 10.1. The average molecular weight is 194 g/mol. The van der Waals surface area contributed by atoms with Gasteiger partial charge in [0.25, 0.3) is 0 Å². The number of pyridine rings is 1. The van der Waals surface area contributed by atoms with Crippen LogP contribution in [0.4, 0.5) is 0 Å². The van der Waals surface area contributed by atoms with Crippen LogP contribution in [0.5, 0.6) is 5.88 Å². The third-order valence-corrected chi connectivity index (χ3v) is 1.83. The molecule has 0 fully saturated rings. The quantitative estimate of drug-likeness (QED) is 0.724. The van der Waals surface area contributed by atoms with Crippen LogP contribution in [0.2, 0.25) is 0 Å². The van der Waals surface area contributed by atoms with E-state index >= 15 is 0 Å². The number of methoxy groups -OCH3 is 1. The molecular weight excluding hydrogens is 180 g/mol. The fourth-order valence-corrected chi connectivity index (χ4v) is 1.18. The van der Waals surface area contributed by atoms with E-state index in [0.29, 0.717) is 24.4 Å². The molecule has 0 saturated carbocycles. The van der Waals surface area contributed by atoms with Gasteiger partial charge in [0, 0.05) is 23.7 Å². The second-order valence-corrected chi connectivity index (χ2v) is 3.00. The van der Waals surface area contributed by atoms with Crippen molar-refractivity contribution in [1.29, 1.82) is 0 Å². The molecule has 0 aliphatic heterocycles. The van der Waals surface area contributed by atoms with Gasteiger partial charge in [-0.25, -0.2) is 4.98 Å². The molecule has 0 amide bonds. The van der Waals surface area contributed by atoms with Crippen molar-refractivity contribution in [2.75, 3.05) is 13.7 Å². The van der Waals surface area contributed by atoms with E-state index in [2.05, 4.69) is 4.98 Å². The molecule has 0 aliphatic rings. The van der Waals surface area contributed by atoms with Crippen molar-refractivity contribution < 1.29 is 9.53 Å². The Morgan fingerprint density at radius 1 is 1.57 bits per heavy atom. The number of Topliss-reactive ketones (excluding diaryl/α,β-unsaturated/α-hetero) is 1. The van der Waals surface area contributed by atoms with Crippen LogP contribution in [0, 0.1) is 6.92 Å². The summed E-state index contributed by atoms with van der Waals surface area (Å²) in [5, 5.41) is 0. The molecule has 0 atom stereocenters. The first kappa shape index (κ1) is 10.7. The number of aryl methyl sites for hydroxylation is 1. The Hall–Kier alpha value is -1.42. The van der Waals surface area contributed by atoms with Crippen LogP contribution in [-0.2, 0) is 0 Å². The van der Waals surface area contributed by atoms with E-state index < -0.39 is 0 Å². The summed E-state index contributed by atoms with van der Waals surface area (Å²) in [5.41, 5.74) is 6.69. The van der Waals surface area contributed by atoms with Gasteiger partial charge in [0.1, 0.15) is 0 Å². The van der Waals surface area contributed by atoms with Crippen molar-refractivity contribution in [3.8, 4) is 5.88 Å². The molecule has 1 rings (SSSR count). The zero-order valence-corrected chi connectivity index (χ0v) is 8.41. The van der Waals surface area contributed by atoms with Gasteiger partial charge in [0.15, 0.2) is 5.78 Å². The monoisotopic (exact) mass is 194 g/mol. The van der Waals surface area contributed by atoms with E-state index in [1.54, 1.807) is 12.1 Å². The number of carbonyl (C=O) groups is 1. The van der Waals surface area contributed by atoms with Crippen LogP contribution < -0.4 is 10.5 Å². The number of carbonyl (C=O) groups excluding carboxylic acids is 1. The number of rotatable bonds is 4.